The summed E-state index contributed by atoms with van der Waals surface area (Å²) in [5, 5.41) is 5.93. The van der Waals surface area contributed by atoms with Gasteiger partial charge in [0.1, 0.15) is 11.5 Å². The molecule has 5 nitrogen and oxygen atoms in total. The largest absolute Gasteiger partial charge is 0.494 e. The molecule has 0 fully saturated rings. The number of unbranched alkanes of at least 4 members (excludes halogenated alkanes) is 3. The molecule has 0 bridgehead atoms. The Morgan fingerprint density at radius 2 is 1.62 bits per heavy atom. The molecule has 0 radical (unpaired) electrons. The smallest absolute Gasteiger partial charge is 0.257 e. The molecule has 29 heavy (non-hydrogen) atoms. The van der Waals surface area contributed by atoms with Crippen molar-refractivity contribution in [1.29, 1.82) is 0 Å². The first kappa shape index (κ1) is 22.7. The standard InChI is InChI=1S/C23H30N2O3S/c1-4-5-6-7-16-27-20-14-10-19(11-15-20)24-23(29)25-22(26)18-8-12-21(13-9-18)28-17(2)3/h8-15,17H,4-7,16H2,1-3H3,(H2,24,25,26,29). The first-order chi connectivity index (χ1) is 14.0. The van der Waals surface area contributed by atoms with Crippen LogP contribution >= 0.6 is 12.2 Å². The Morgan fingerprint density at radius 1 is 0.966 bits per heavy atom. The minimum Gasteiger partial charge on any atom is -0.494 e. The number of hydrogen-bond acceptors (Lipinski definition) is 4. The zero-order valence-electron chi connectivity index (χ0n) is 17.4. The summed E-state index contributed by atoms with van der Waals surface area (Å²) >= 11 is 5.24. The predicted molar refractivity (Wildman–Crippen MR) is 122 cm³/mol. The molecule has 2 aromatic rings. The Hall–Kier alpha value is -2.60. The Bertz CT molecular complexity index is 774. The number of anilines is 1. The zero-order valence-corrected chi connectivity index (χ0v) is 18.2. The molecule has 0 saturated carbocycles. The average Bonchev–Trinajstić information content (AvgIpc) is 2.69. The van der Waals surface area contributed by atoms with Crippen LogP contribution in [0.2, 0.25) is 0 Å². The van der Waals surface area contributed by atoms with E-state index in [2.05, 4.69) is 17.6 Å². The highest BCUT2D eigenvalue weighted by Gasteiger charge is 2.09. The molecule has 0 atom stereocenters. The molecule has 2 N–H and O–H groups in total. The molecule has 0 aliphatic heterocycles. The molecule has 1 amide bonds. The summed E-state index contributed by atoms with van der Waals surface area (Å²) in [6, 6.07) is 14.5. The van der Waals surface area contributed by atoms with Gasteiger partial charge in [0.15, 0.2) is 5.11 Å². The van der Waals surface area contributed by atoms with Crippen molar-refractivity contribution in [1.82, 2.24) is 5.32 Å². The van der Waals surface area contributed by atoms with Crippen LogP contribution in [-0.2, 0) is 0 Å². The lowest BCUT2D eigenvalue weighted by atomic mass is 10.2. The normalized spacial score (nSPS) is 10.5. The number of carbonyl (C=O) groups excluding carboxylic acids is 1. The molecular formula is C23H30N2O3S. The van der Waals surface area contributed by atoms with E-state index in [-0.39, 0.29) is 17.1 Å². The summed E-state index contributed by atoms with van der Waals surface area (Å²) < 4.78 is 11.3. The maximum absolute atomic E-state index is 12.3. The van der Waals surface area contributed by atoms with Gasteiger partial charge in [-0.15, -0.1) is 0 Å². The number of ether oxygens (including phenoxy) is 2. The van der Waals surface area contributed by atoms with Crippen LogP contribution in [0.3, 0.4) is 0 Å². The number of thiocarbonyl (C=S) groups is 1. The van der Waals surface area contributed by atoms with E-state index in [0.717, 1.165) is 30.2 Å². The van der Waals surface area contributed by atoms with Gasteiger partial charge in [-0.2, -0.15) is 0 Å². The first-order valence-electron chi connectivity index (χ1n) is 10.1. The Kier molecular flexibility index (Phi) is 9.44. The van der Waals surface area contributed by atoms with Gasteiger partial charge in [-0.3, -0.25) is 10.1 Å². The third-order valence-electron chi connectivity index (χ3n) is 4.09. The van der Waals surface area contributed by atoms with Crippen molar-refractivity contribution in [3.8, 4) is 11.5 Å². The molecule has 2 rings (SSSR count). The van der Waals surface area contributed by atoms with Crippen molar-refractivity contribution < 1.29 is 14.3 Å². The number of hydrogen-bond donors (Lipinski definition) is 2. The third kappa shape index (κ3) is 8.52. The molecule has 2 aromatic carbocycles. The van der Waals surface area contributed by atoms with Crippen LogP contribution in [0.5, 0.6) is 11.5 Å². The average molecular weight is 415 g/mol. The van der Waals surface area contributed by atoms with Gasteiger partial charge >= 0.3 is 0 Å². The molecule has 0 aromatic heterocycles. The van der Waals surface area contributed by atoms with Gasteiger partial charge in [0.05, 0.1) is 12.7 Å². The molecule has 0 heterocycles. The second kappa shape index (κ2) is 12.1. The van der Waals surface area contributed by atoms with Crippen molar-refractivity contribution in [3.05, 3.63) is 54.1 Å². The van der Waals surface area contributed by atoms with Crippen molar-refractivity contribution in [2.24, 2.45) is 0 Å². The van der Waals surface area contributed by atoms with Gasteiger partial charge in [0.2, 0.25) is 0 Å². The number of benzene rings is 2. The summed E-state index contributed by atoms with van der Waals surface area (Å²) in [7, 11) is 0. The molecular weight excluding hydrogens is 384 g/mol. The number of amides is 1. The van der Waals surface area contributed by atoms with Gasteiger partial charge in [-0.1, -0.05) is 26.2 Å². The molecule has 6 heteroatoms. The van der Waals surface area contributed by atoms with Gasteiger partial charge < -0.3 is 14.8 Å². The highest BCUT2D eigenvalue weighted by molar-refractivity contribution is 7.80. The lowest BCUT2D eigenvalue weighted by molar-refractivity contribution is 0.0977. The number of rotatable bonds is 10. The van der Waals surface area contributed by atoms with Gasteiger partial charge in [-0.05, 0) is 81.0 Å². The molecule has 0 saturated heterocycles. The highest BCUT2D eigenvalue weighted by atomic mass is 32.1. The van der Waals surface area contributed by atoms with Crippen LogP contribution < -0.4 is 20.1 Å². The quantitative estimate of drug-likeness (QED) is 0.394. The maximum Gasteiger partial charge on any atom is 0.257 e. The Morgan fingerprint density at radius 3 is 2.24 bits per heavy atom. The lowest BCUT2D eigenvalue weighted by Gasteiger charge is -2.12. The summed E-state index contributed by atoms with van der Waals surface area (Å²) in [6.07, 6.45) is 4.80. The van der Waals surface area contributed by atoms with Crippen molar-refractivity contribution in [2.75, 3.05) is 11.9 Å². The van der Waals surface area contributed by atoms with Crippen molar-refractivity contribution in [2.45, 2.75) is 52.6 Å². The topological polar surface area (TPSA) is 59.6 Å². The van der Waals surface area contributed by atoms with Crippen LogP contribution in [0.25, 0.3) is 0 Å². The molecule has 156 valence electrons. The monoisotopic (exact) mass is 414 g/mol. The zero-order chi connectivity index (χ0) is 21.1. The van der Waals surface area contributed by atoms with E-state index >= 15 is 0 Å². The highest BCUT2D eigenvalue weighted by Crippen LogP contribution is 2.17. The fraction of sp³-hybridized carbons (Fsp3) is 0.391. The van der Waals surface area contributed by atoms with Crippen molar-refractivity contribution >= 4 is 28.9 Å². The Labute approximate surface area is 178 Å². The summed E-state index contributed by atoms with van der Waals surface area (Å²) in [4.78, 5) is 12.3. The second-order valence-corrected chi connectivity index (χ2v) is 7.44. The SMILES string of the molecule is CCCCCCOc1ccc(NC(=S)NC(=O)c2ccc(OC(C)C)cc2)cc1. The van der Waals surface area contributed by atoms with E-state index in [0.29, 0.717) is 5.56 Å². The molecule has 0 unspecified atom stereocenters. The van der Waals surface area contributed by atoms with Crippen LogP contribution in [0.15, 0.2) is 48.5 Å². The van der Waals surface area contributed by atoms with E-state index < -0.39 is 0 Å². The summed E-state index contributed by atoms with van der Waals surface area (Å²) in [6.45, 7) is 6.83. The maximum atomic E-state index is 12.3. The molecule has 0 spiro atoms. The molecule has 0 aliphatic rings. The van der Waals surface area contributed by atoms with Gasteiger partial charge in [-0.25, -0.2) is 0 Å². The van der Waals surface area contributed by atoms with E-state index in [1.54, 1.807) is 24.3 Å². The van der Waals surface area contributed by atoms with Crippen LogP contribution in [0.4, 0.5) is 5.69 Å². The second-order valence-electron chi connectivity index (χ2n) is 7.03. The summed E-state index contributed by atoms with van der Waals surface area (Å²) in [5.74, 6) is 1.28. The van der Waals surface area contributed by atoms with E-state index in [1.807, 2.05) is 38.1 Å². The van der Waals surface area contributed by atoms with Crippen LogP contribution in [-0.4, -0.2) is 23.7 Å². The minimum atomic E-state index is -0.273. The van der Waals surface area contributed by atoms with Crippen LogP contribution in [0, 0.1) is 0 Å². The number of nitrogens with one attached hydrogen (secondary N) is 2. The van der Waals surface area contributed by atoms with Gasteiger partial charge in [0, 0.05) is 11.3 Å². The minimum absolute atomic E-state index is 0.0873. The summed E-state index contributed by atoms with van der Waals surface area (Å²) in [5.41, 5.74) is 1.30. The fourth-order valence-corrected chi connectivity index (χ4v) is 2.86. The third-order valence-corrected chi connectivity index (χ3v) is 4.30. The first-order valence-corrected chi connectivity index (χ1v) is 10.5. The van der Waals surface area contributed by atoms with Crippen LogP contribution in [0.1, 0.15) is 56.8 Å². The van der Waals surface area contributed by atoms with Crippen molar-refractivity contribution in [3.63, 3.8) is 0 Å². The van der Waals surface area contributed by atoms with Gasteiger partial charge in [0.25, 0.3) is 5.91 Å². The molecule has 0 aliphatic carbocycles. The number of carbonyl (C=O) groups is 1. The van der Waals surface area contributed by atoms with E-state index in [4.69, 9.17) is 21.7 Å². The Balaban J connectivity index is 1.78. The van der Waals surface area contributed by atoms with E-state index in [9.17, 15) is 4.79 Å². The van der Waals surface area contributed by atoms with E-state index in [1.165, 1.54) is 19.3 Å². The predicted octanol–water partition coefficient (Wildman–Crippen LogP) is 5.56. The lowest BCUT2D eigenvalue weighted by Crippen LogP contribution is -2.34. The fourth-order valence-electron chi connectivity index (χ4n) is 2.65.